The van der Waals surface area contributed by atoms with Crippen molar-refractivity contribution < 1.29 is 35.9 Å². The maximum Gasteiger partial charge on any atom is 0.416 e. The van der Waals surface area contributed by atoms with Crippen molar-refractivity contribution in [3.63, 3.8) is 0 Å². The van der Waals surface area contributed by atoms with Gasteiger partial charge >= 0.3 is 18.4 Å². The van der Waals surface area contributed by atoms with E-state index in [0.717, 1.165) is 19.1 Å². The first-order chi connectivity index (χ1) is 16.4. The van der Waals surface area contributed by atoms with Crippen LogP contribution < -0.4 is 0 Å². The first kappa shape index (κ1) is 26.8. The summed E-state index contributed by atoms with van der Waals surface area (Å²) in [4.78, 5) is 16.1. The van der Waals surface area contributed by atoms with Crippen LogP contribution in [0.3, 0.4) is 0 Å². The van der Waals surface area contributed by atoms with Crippen molar-refractivity contribution >= 4 is 6.09 Å². The summed E-state index contributed by atoms with van der Waals surface area (Å²) in [5.74, 6) is 0. The molecule has 4 nitrogen and oxygen atoms in total. The Kier molecular flexibility index (Phi) is 8.35. The lowest BCUT2D eigenvalue weighted by Gasteiger charge is -2.43. The molecule has 1 saturated heterocycles. The van der Waals surface area contributed by atoms with E-state index in [1.54, 1.807) is 0 Å². The molecule has 3 rings (SSSR count). The van der Waals surface area contributed by atoms with E-state index >= 15 is 0 Å². The number of hydrogen-bond acceptors (Lipinski definition) is 3. The Bertz CT molecular complexity index is 961. The number of carbonyl (C=O) groups excluding carboxylic acids is 1. The molecular formula is C25H28F6N2O2. The molecule has 0 aliphatic carbocycles. The normalized spacial score (nSPS) is 19.4. The average molecular weight is 502 g/mol. The molecule has 1 fully saturated rings. The lowest BCUT2D eigenvalue weighted by molar-refractivity contribution is -0.143. The number of amides is 1. The fourth-order valence-corrected chi connectivity index (χ4v) is 4.58. The Morgan fingerprint density at radius 2 is 1.60 bits per heavy atom. The molecule has 0 bridgehead atoms. The lowest BCUT2D eigenvalue weighted by atomic mass is 9.93. The van der Waals surface area contributed by atoms with Gasteiger partial charge in [0.1, 0.15) is 0 Å². The minimum absolute atomic E-state index is 0.0845. The zero-order valence-corrected chi connectivity index (χ0v) is 19.5. The highest BCUT2D eigenvalue weighted by Gasteiger charge is 2.38. The molecule has 2 unspecified atom stereocenters. The molecule has 0 N–H and O–H groups in total. The molecule has 0 saturated carbocycles. The van der Waals surface area contributed by atoms with Crippen LogP contribution in [0.4, 0.5) is 31.1 Å². The van der Waals surface area contributed by atoms with Crippen LogP contribution in [0, 0.1) is 0 Å². The average Bonchev–Trinajstić information content (AvgIpc) is 2.81. The zero-order valence-electron chi connectivity index (χ0n) is 19.5. The number of benzene rings is 2. The molecule has 1 aliphatic rings. The van der Waals surface area contributed by atoms with Crippen LogP contribution >= 0.6 is 0 Å². The van der Waals surface area contributed by atoms with Crippen LogP contribution in [0.1, 0.15) is 48.4 Å². The van der Waals surface area contributed by atoms with Crippen molar-refractivity contribution in [2.75, 3.05) is 13.7 Å². The van der Waals surface area contributed by atoms with Crippen LogP contribution in [0.15, 0.2) is 48.5 Å². The van der Waals surface area contributed by atoms with E-state index in [0.29, 0.717) is 38.1 Å². The second kappa shape index (κ2) is 10.9. The number of alkyl halides is 6. The smallest absolute Gasteiger partial charge is 0.416 e. The highest BCUT2D eigenvalue weighted by molar-refractivity contribution is 5.68. The third-order valence-electron chi connectivity index (χ3n) is 6.36. The molecule has 1 amide bonds. The predicted molar refractivity (Wildman–Crippen MR) is 118 cm³/mol. The summed E-state index contributed by atoms with van der Waals surface area (Å²) >= 11 is 0. The first-order valence-electron chi connectivity index (χ1n) is 11.3. The number of piperidine rings is 1. The Morgan fingerprint density at radius 3 is 2.11 bits per heavy atom. The molecule has 2 atom stereocenters. The van der Waals surface area contributed by atoms with Gasteiger partial charge in [0.25, 0.3) is 0 Å². The summed E-state index contributed by atoms with van der Waals surface area (Å²) in [6.07, 6.45) is -8.87. The maximum atomic E-state index is 13.3. The Labute approximate surface area is 200 Å². The van der Waals surface area contributed by atoms with Gasteiger partial charge in [-0.3, -0.25) is 4.90 Å². The molecule has 0 spiro atoms. The van der Waals surface area contributed by atoms with Gasteiger partial charge in [0.2, 0.25) is 0 Å². The van der Waals surface area contributed by atoms with Crippen molar-refractivity contribution in [1.82, 2.24) is 9.80 Å². The Morgan fingerprint density at radius 1 is 1.00 bits per heavy atom. The van der Waals surface area contributed by atoms with Crippen LogP contribution in [0.25, 0.3) is 0 Å². The quantitative estimate of drug-likeness (QED) is 0.411. The Hall–Kier alpha value is -2.75. The molecule has 2 aromatic carbocycles. The molecule has 2 aromatic rings. The van der Waals surface area contributed by atoms with Gasteiger partial charge in [0.05, 0.1) is 18.2 Å². The van der Waals surface area contributed by atoms with Crippen LogP contribution in [0.5, 0.6) is 0 Å². The predicted octanol–water partition coefficient (Wildman–Crippen LogP) is 6.74. The topological polar surface area (TPSA) is 32.8 Å². The van der Waals surface area contributed by atoms with Gasteiger partial charge < -0.3 is 9.64 Å². The van der Waals surface area contributed by atoms with Gasteiger partial charge in [-0.25, -0.2) is 4.79 Å². The SMILES string of the molecule is CCC1CC(N(Cc2cc(C(F)(F)F)cc(C(F)(F)F)c2)C(=O)OC)CCN1Cc1ccccc1. The Balaban J connectivity index is 1.84. The van der Waals surface area contributed by atoms with Crippen LogP contribution in [-0.2, 0) is 30.2 Å². The van der Waals surface area contributed by atoms with E-state index in [2.05, 4.69) is 4.90 Å². The summed E-state index contributed by atoms with van der Waals surface area (Å²) in [5, 5.41) is 0. The van der Waals surface area contributed by atoms with Crippen LogP contribution in [0.2, 0.25) is 0 Å². The molecule has 1 heterocycles. The monoisotopic (exact) mass is 502 g/mol. The van der Waals surface area contributed by atoms with Crippen molar-refractivity contribution in [3.05, 3.63) is 70.8 Å². The minimum Gasteiger partial charge on any atom is -0.453 e. The zero-order chi connectivity index (χ0) is 25.8. The standard InChI is InChI=1S/C25H28F6N2O2/c1-3-21-14-22(9-10-32(21)15-17-7-5-4-6-8-17)33(23(34)35-2)16-18-11-19(24(26,27)28)13-20(12-18)25(29,30)31/h4-8,11-13,21-22H,3,9-10,14-16H2,1-2H3. The molecule has 0 radical (unpaired) electrons. The lowest BCUT2D eigenvalue weighted by Crippen LogP contribution is -2.51. The van der Waals surface area contributed by atoms with Crippen molar-refractivity contribution in [2.24, 2.45) is 0 Å². The van der Waals surface area contributed by atoms with E-state index in [1.807, 2.05) is 37.3 Å². The van der Waals surface area contributed by atoms with E-state index in [9.17, 15) is 31.1 Å². The fraction of sp³-hybridized carbons (Fsp3) is 0.480. The number of methoxy groups -OCH3 is 1. The number of carbonyl (C=O) groups is 1. The molecule has 1 aliphatic heterocycles. The second-order valence-electron chi connectivity index (χ2n) is 8.71. The molecule has 35 heavy (non-hydrogen) atoms. The van der Waals surface area contributed by atoms with E-state index < -0.39 is 36.1 Å². The summed E-state index contributed by atoms with van der Waals surface area (Å²) < 4.78 is 84.6. The minimum atomic E-state index is -4.96. The van der Waals surface area contributed by atoms with Gasteiger partial charge in [-0.05, 0) is 48.6 Å². The van der Waals surface area contributed by atoms with E-state index in [1.165, 1.54) is 4.90 Å². The highest BCUT2D eigenvalue weighted by atomic mass is 19.4. The number of ether oxygens (including phenoxy) is 1. The third kappa shape index (κ3) is 6.90. The molecule has 0 aromatic heterocycles. The molecular weight excluding hydrogens is 474 g/mol. The van der Waals surface area contributed by atoms with Gasteiger partial charge in [-0.1, -0.05) is 37.3 Å². The number of hydrogen-bond donors (Lipinski definition) is 0. The highest BCUT2D eigenvalue weighted by Crippen LogP contribution is 2.37. The molecule has 192 valence electrons. The second-order valence-corrected chi connectivity index (χ2v) is 8.71. The number of halogens is 6. The summed E-state index contributed by atoms with van der Waals surface area (Å²) in [6.45, 7) is 2.93. The van der Waals surface area contributed by atoms with Crippen LogP contribution in [-0.4, -0.2) is 41.6 Å². The van der Waals surface area contributed by atoms with Crippen molar-refractivity contribution in [3.8, 4) is 0 Å². The number of likely N-dealkylation sites (tertiary alicyclic amines) is 1. The van der Waals surface area contributed by atoms with Gasteiger partial charge in [0.15, 0.2) is 0 Å². The molecule has 10 heteroatoms. The third-order valence-corrected chi connectivity index (χ3v) is 6.36. The maximum absolute atomic E-state index is 13.3. The van der Waals surface area contributed by atoms with Crippen molar-refractivity contribution in [2.45, 2.75) is 63.7 Å². The summed E-state index contributed by atoms with van der Waals surface area (Å²) in [5.41, 5.74) is -1.93. The fourth-order valence-electron chi connectivity index (χ4n) is 4.58. The van der Waals surface area contributed by atoms with Gasteiger partial charge in [0, 0.05) is 31.7 Å². The largest absolute Gasteiger partial charge is 0.453 e. The summed E-state index contributed by atoms with van der Waals surface area (Å²) in [7, 11) is 1.14. The van der Waals surface area contributed by atoms with Gasteiger partial charge in [-0.15, -0.1) is 0 Å². The first-order valence-corrected chi connectivity index (χ1v) is 11.3. The number of rotatable bonds is 6. The number of nitrogens with zero attached hydrogens (tertiary/aromatic N) is 2. The van der Waals surface area contributed by atoms with E-state index in [-0.39, 0.29) is 23.7 Å². The van der Waals surface area contributed by atoms with E-state index in [4.69, 9.17) is 4.74 Å². The summed E-state index contributed by atoms with van der Waals surface area (Å²) in [6, 6.07) is 11.0. The van der Waals surface area contributed by atoms with Crippen molar-refractivity contribution in [1.29, 1.82) is 0 Å². The van der Waals surface area contributed by atoms with Gasteiger partial charge in [-0.2, -0.15) is 26.3 Å².